The zero-order valence-electron chi connectivity index (χ0n) is 20.5. The summed E-state index contributed by atoms with van der Waals surface area (Å²) in [5.74, 6) is 1.66. The highest BCUT2D eigenvalue weighted by atomic mass is 15.2. The Labute approximate surface area is 204 Å². The van der Waals surface area contributed by atoms with E-state index in [2.05, 4.69) is 82.6 Å². The van der Waals surface area contributed by atoms with E-state index in [1.807, 2.05) is 24.4 Å². The second-order valence-corrected chi connectivity index (χ2v) is 9.54. The van der Waals surface area contributed by atoms with Crippen molar-refractivity contribution in [1.29, 1.82) is 5.41 Å². The zero-order chi connectivity index (χ0) is 23.8. The lowest BCUT2D eigenvalue weighted by Gasteiger charge is -2.32. The maximum atomic E-state index is 7.49. The molecule has 5 heteroatoms. The van der Waals surface area contributed by atoms with Gasteiger partial charge in [-0.1, -0.05) is 60.7 Å². The third-order valence-electron chi connectivity index (χ3n) is 6.90. The fourth-order valence-corrected chi connectivity index (χ4v) is 4.87. The fourth-order valence-electron chi connectivity index (χ4n) is 4.87. The first kappa shape index (κ1) is 24.0. The van der Waals surface area contributed by atoms with Crippen LogP contribution in [0.4, 0.5) is 5.82 Å². The average molecular weight is 456 g/mol. The number of nitrogens with zero attached hydrogens (tertiary/aromatic N) is 3. The molecular weight excluding hydrogens is 418 g/mol. The van der Waals surface area contributed by atoms with Gasteiger partial charge in [-0.15, -0.1) is 0 Å². The maximum absolute atomic E-state index is 7.49. The van der Waals surface area contributed by atoms with Gasteiger partial charge in [-0.25, -0.2) is 4.98 Å². The number of benzene rings is 2. The van der Waals surface area contributed by atoms with Gasteiger partial charge in [0.2, 0.25) is 0 Å². The predicted octanol–water partition coefficient (Wildman–Crippen LogP) is 5.54. The average Bonchev–Trinajstić information content (AvgIpc) is 2.88. The normalized spacial score (nSPS) is 20.0. The number of hydrogen-bond donors (Lipinski definition) is 2. The van der Waals surface area contributed by atoms with E-state index in [1.54, 1.807) is 0 Å². The molecule has 0 bridgehead atoms. The molecule has 2 aliphatic rings. The molecule has 1 fully saturated rings. The molecule has 5 nitrogen and oxygen atoms in total. The minimum Gasteiger partial charge on any atom is -0.366 e. The molecule has 3 heterocycles. The van der Waals surface area contributed by atoms with Crippen molar-refractivity contribution in [2.75, 3.05) is 25.5 Å². The van der Waals surface area contributed by atoms with Crippen LogP contribution in [-0.2, 0) is 19.5 Å². The van der Waals surface area contributed by atoms with E-state index < -0.39 is 0 Å². The number of nitrogens with one attached hydrogen (secondary N) is 2. The summed E-state index contributed by atoms with van der Waals surface area (Å²) in [7, 11) is 2.22. The van der Waals surface area contributed by atoms with E-state index in [0.29, 0.717) is 6.04 Å². The van der Waals surface area contributed by atoms with Crippen LogP contribution in [0.2, 0.25) is 0 Å². The fraction of sp³-hybridized carbons (Fsp3) is 0.379. The second kappa shape index (κ2) is 11.8. The third-order valence-corrected chi connectivity index (χ3v) is 6.90. The molecule has 2 unspecified atom stereocenters. The number of rotatable bonds is 5. The highest BCUT2D eigenvalue weighted by Gasteiger charge is 2.21. The Kier molecular flexibility index (Phi) is 8.31. The molecule has 2 aliphatic heterocycles. The summed E-state index contributed by atoms with van der Waals surface area (Å²) in [5.41, 5.74) is 5.31. The van der Waals surface area contributed by atoms with Gasteiger partial charge in [-0.3, -0.25) is 5.41 Å². The van der Waals surface area contributed by atoms with Crippen LogP contribution in [0.15, 0.2) is 72.9 Å². The summed E-state index contributed by atoms with van der Waals surface area (Å²) in [6, 6.07) is 23.7. The van der Waals surface area contributed by atoms with Gasteiger partial charge >= 0.3 is 0 Å². The Morgan fingerprint density at radius 2 is 1.79 bits per heavy atom. The van der Waals surface area contributed by atoms with Gasteiger partial charge in [0, 0.05) is 31.9 Å². The van der Waals surface area contributed by atoms with Crippen LogP contribution in [0.5, 0.6) is 0 Å². The molecule has 2 atom stereocenters. The Bertz CT molecular complexity index is 1040. The van der Waals surface area contributed by atoms with Crippen LogP contribution in [0.3, 0.4) is 0 Å². The Morgan fingerprint density at radius 1 is 1.06 bits per heavy atom. The quantitative estimate of drug-likeness (QED) is 0.392. The molecule has 0 amide bonds. The second-order valence-electron chi connectivity index (χ2n) is 9.54. The highest BCUT2D eigenvalue weighted by molar-refractivity contribution is 5.54. The predicted molar refractivity (Wildman–Crippen MR) is 141 cm³/mol. The Hall–Kier alpha value is -3.18. The Balaban J connectivity index is 0.000000180. The first-order chi connectivity index (χ1) is 16.6. The molecule has 3 aromatic rings. The van der Waals surface area contributed by atoms with Gasteiger partial charge in [0.1, 0.15) is 5.82 Å². The van der Waals surface area contributed by atoms with Gasteiger partial charge in [0.05, 0.1) is 6.34 Å². The lowest BCUT2D eigenvalue weighted by molar-refractivity contribution is 0.251. The highest BCUT2D eigenvalue weighted by Crippen LogP contribution is 2.26. The lowest BCUT2D eigenvalue weighted by Crippen LogP contribution is -2.37. The van der Waals surface area contributed by atoms with Gasteiger partial charge in [0.25, 0.3) is 0 Å². The maximum Gasteiger partial charge on any atom is 0.126 e. The zero-order valence-corrected chi connectivity index (χ0v) is 20.5. The van der Waals surface area contributed by atoms with Crippen molar-refractivity contribution in [3.8, 4) is 0 Å². The summed E-state index contributed by atoms with van der Waals surface area (Å²) in [5, 5.41) is 10.9. The minimum absolute atomic E-state index is 0.375. The molecule has 0 spiro atoms. The molecule has 178 valence electrons. The lowest BCUT2D eigenvalue weighted by atomic mass is 9.91. The SMILES string of the molecule is CC1Cc2cnc(NCc3ccccc3)cc2CN1C=N.CN1CCCC(c2ccccc2)C1. The smallest absolute Gasteiger partial charge is 0.126 e. The number of aromatic nitrogens is 1. The van der Waals surface area contributed by atoms with Crippen molar-refractivity contribution in [1.82, 2.24) is 14.8 Å². The molecule has 0 aliphatic carbocycles. The van der Waals surface area contributed by atoms with E-state index in [1.165, 1.54) is 54.5 Å². The number of pyridine rings is 1. The van der Waals surface area contributed by atoms with Crippen LogP contribution < -0.4 is 5.32 Å². The van der Waals surface area contributed by atoms with Crippen LogP contribution >= 0.6 is 0 Å². The molecule has 34 heavy (non-hydrogen) atoms. The van der Waals surface area contributed by atoms with Gasteiger partial charge < -0.3 is 15.1 Å². The van der Waals surface area contributed by atoms with Crippen LogP contribution in [0.1, 0.15) is 47.9 Å². The number of fused-ring (bicyclic) bond motifs is 1. The number of likely N-dealkylation sites (N-methyl/N-ethyl adjacent to an activating group) is 1. The summed E-state index contributed by atoms with van der Waals surface area (Å²) in [4.78, 5) is 9.00. The van der Waals surface area contributed by atoms with Crippen LogP contribution in [0.25, 0.3) is 0 Å². The van der Waals surface area contributed by atoms with Crippen LogP contribution in [-0.4, -0.2) is 47.3 Å². The number of anilines is 1. The topological polar surface area (TPSA) is 55.3 Å². The van der Waals surface area contributed by atoms with Crippen molar-refractivity contribution in [2.45, 2.75) is 51.2 Å². The van der Waals surface area contributed by atoms with Gasteiger partial charge in [-0.05, 0) is 74.0 Å². The monoisotopic (exact) mass is 455 g/mol. The molecule has 1 aromatic heterocycles. The summed E-state index contributed by atoms with van der Waals surface area (Å²) in [6.07, 6.45) is 7.06. The molecule has 2 aromatic carbocycles. The van der Waals surface area contributed by atoms with E-state index in [9.17, 15) is 0 Å². The summed E-state index contributed by atoms with van der Waals surface area (Å²) >= 11 is 0. The third kappa shape index (κ3) is 6.45. The molecular formula is C29H37N5. The Morgan fingerprint density at radius 3 is 2.50 bits per heavy atom. The minimum atomic E-state index is 0.375. The van der Waals surface area contributed by atoms with Gasteiger partial charge in [0.15, 0.2) is 0 Å². The van der Waals surface area contributed by atoms with Crippen molar-refractivity contribution < 1.29 is 0 Å². The van der Waals surface area contributed by atoms with E-state index in [4.69, 9.17) is 5.41 Å². The molecule has 2 N–H and O–H groups in total. The van der Waals surface area contributed by atoms with Crippen LogP contribution in [0, 0.1) is 5.41 Å². The van der Waals surface area contributed by atoms with E-state index >= 15 is 0 Å². The van der Waals surface area contributed by atoms with Crippen molar-refractivity contribution in [2.24, 2.45) is 0 Å². The first-order valence-corrected chi connectivity index (χ1v) is 12.4. The molecule has 0 radical (unpaired) electrons. The summed E-state index contributed by atoms with van der Waals surface area (Å²) in [6.45, 7) is 6.21. The molecule has 1 saturated heterocycles. The number of hydrogen-bond acceptors (Lipinski definition) is 4. The molecule has 0 saturated carbocycles. The standard InChI is InChI=1S/C17H20N4.C12H17N/c1-13-7-15-10-20-17(8-16(15)11-21(13)12-18)19-9-14-5-3-2-4-6-14;1-13-9-5-8-12(10-13)11-6-3-2-4-7-11/h2-6,8,10,12-13,18H,7,9,11H2,1H3,(H,19,20);2-4,6-7,12H,5,8-10H2,1H3. The van der Waals surface area contributed by atoms with Crippen molar-refractivity contribution >= 4 is 12.2 Å². The molecule has 5 rings (SSSR count). The number of likely N-dealkylation sites (tertiary alicyclic amines) is 1. The number of piperidine rings is 1. The van der Waals surface area contributed by atoms with E-state index in [0.717, 1.165) is 31.2 Å². The van der Waals surface area contributed by atoms with Crippen molar-refractivity contribution in [3.05, 3.63) is 95.2 Å². The van der Waals surface area contributed by atoms with Gasteiger partial charge in [-0.2, -0.15) is 0 Å². The van der Waals surface area contributed by atoms with Crippen molar-refractivity contribution in [3.63, 3.8) is 0 Å². The summed E-state index contributed by atoms with van der Waals surface area (Å²) < 4.78 is 0. The van der Waals surface area contributed by atoms with E-state index in [-0.39, 0.29) is 0 Å². The largest absolute Gasteiger partial charge is 0.366 e. The first-order valence-electron chi connectivity index (χ1n) is 12.4.